The van der Waals surface area contributed by atoms with E-state index in [9.17, 15) is 0 Å². The van der Waals surface area contributed by atoms with Gasteiger partial charge in [0, 0.05) is 0 Å². The van der Waals surface area contributed by atoms with Gasteiger partial charge in [0.05, 0.1) is 0 Å². The standard InChI is InChI=1S/C44H44/c1-2-4-13-36-26-27-37-21-9-19-35-20-10-23-40-30-31-43-41(14-5-6-15-42-32-44(42)43)25-11-24-39(40)29-28-38(35)22-8-18-34(37)17-7-16-33(36)12-3-1/h1-4,8-13,18-25,28-31,42,44H,5-7,14-17,26-27,32H2. The van der Waals surface area contributed by atoms with Crippen LogP contribution in [0.25, 0.3) is 12.2 Å². The second-order valence-electron chi connectivity index (χ2n) is 13.0. The fraction of sp³-hybridized carbons (Fsp3) is 0.273. The van der Waals surface area contributed by atoms with E-state index in [4.69, 9.17) is 0 Å². The van der Waals surface area contributed by atoms with Gasteiger partial charge in [0.1, 0.15) is 0 Å². The van der Waals surface area contributed by atoms with Gasteiger partial charge in [0.25, 0.3) is 0 Å². The van der Waals surface area contributed by atoms with Gasteiger partial charge in [-0.3, -0.25) is 0 Å². The van der Waals surface area contributed by atoms with Crippen LogP contribution in [0.15, 0.2) is 155 Å². The molecule has 6 aliphatic rings. The quantitative estimate of drug-likeness (QED) is 0.290. The highest BCUT2D eigenvalue weighted by Gasteiger charge is 2.39. The number of hydrogen-bond acceptors (Lipinski definition) is 0. The van der Waals surface area contributed by atoms with Gasteiger partial charge < -0.3 is 0 Å². The summed E-state index contributed by atoms with van der Waals surface area (Å²) in [5.74, 6) is 1.68. The SMILES string of the molecule is C1=CC=CC2=C(C=C1)CCCc1cccc3c(cccc1CC2)C=CC=C1C=CC2=C(C=CC=C1C=C3)CCCCC1CC21. The molecule has 0 heterocycles. The molecule has 220 valence electrons. The van der Waals surface area contributed by atoms with Crippen LogP contribution in [0.4, 0.5) is 0 Å². The zero-order valence-electron chi connectivity index (χ0n) is 25.9. The minimum Gasteiger partial charge on any atom is -0.0623 e. The first kappa shape index (κ1) is 28.6. The van der Waals surface area contributed by atoms with Crippen molar-refractivity contribution in [2.75, 3.05) is 0 Å². The molecule has 0 aromatic heterocycles. The van der Waals surface area contributed by atoms with Crippen molar-refractivity contribution in [3.05, 3.63) is 177 Å². The highest BCUT2D eigenvalue weighted by atomic mass is 14.4. The smallest absolute Gasteiger partial charge is 0.0128 e. The lowest BCUT2D eigenvalue weighted by Gasteiger charge is -2.13. The van der Waals surface area contributed by atoms with E-state index in [1.807, 2.05) is 0 Å². The Balaban J connectivity index is 1.21. The number of aryl methyl sites for hydroxylation is 2. The summed E-state index contributed by atoms with van der Waals surface area (Å²) in [5, 5.41) is 0. The zero-order chi connectivity index (χ0) is 29.6. The molecular weight excluding hydrogens is 528 g/mol. The van der Waals surface area contributed by atoms with E-state index in [2.05, 4.69) is 134 Å². The van der Waals surface area contributed by atoms with Crippen LogP contribution in [0.3, 0.4) is 0 Å². The van der Waals surface area contributed by atoms with Crippen molar-refractivity contribution < 1.29 is 0 Å². The highest BCUT2D eigenvalue weighted by molar-refractivity contribution is 5.70. The van der Waals surface area contributed by atoms with Crippen molar-refractivity contribution in [1.82, 2.24) is 0 Å². The Morgan fingerprint density at radius 2 is 1.11 bits per heavy atom. The largest absolute Gasteiger partial charge is 0.0623 e. The zero-order valence-corrected chi connectivity index (χ0v) is 25.9. The molecule has 2 atom stereocenters. The van der Waals surface area contributed by atoms with E-state index >= 15 is 0 Å². The summed E-state index contributed by atoms with van der Waals surface area (Å²) in [7, 11) is 0. The van der Waals surface area contributed by atoms with Crippen LogP contribution in [0.5, 0.6) is 0 Å². The predicted octanol–water partition coefficient (Wildman–Crippen LogP) is 11.6. The molecular formula is C44H44. The molecule has 0 nitrogen and oxygen atoms in total. The van der Waals surface area contributed by atoms with Crippen LogP contribution in [-0.2, 0) is 12.8 Å². The molecule has 0 bridgehead atoms. The minimum absolute atomic E-state index is 0.770. The third-order valence-electron chi connectivity index (χ3n) is 10.1. The van der Waals surface area contributed by atoms with Crippen LogP contribution in [0.2, 0.25) is 0 Å². The van der Waals surface area contributed by atoms with E-state index in [0.29, 0.717) is 0 Å². The average Bonchev–Trinajstić information content (AvgIpc) is 3.73. The highest BCUT2D eigenvalue weighted by Crippen LogP contribution is 2.51. The Labute approximate surface area is 264 Å². The van der Waals surface area contributed by atoms with Gasteiger partial charge in [-0.05, 0) is 125 Å². The Kier molecular flexibility index (Phi) is 8.87. The number of rotatable bonds is 0. The van der Waals surface area contributed by atoms with Crippen molar-refractivity contribution in [3.63, 3.8) is 0 Å². The second-order valence-corrected chi connectivity index (χ2v) is 13.0. The summed E-state index contributed by atoms with van der Waals surface area (Å²) in [6, 6.07) is 13.9. The maximum Gasteiger partial charge on any atom is -0.0128 e. The van der Waals surface area contributed by atoms with Crippen molar-refractivity contribution in [2.24, 2.45) is 11.8 Å². The molecule has 0 heteroatoms. The maximum atomic E-state index is 2.45. The molecule has 0 amide bonds. The molecule has 0 N–H and O–H groups in total. The Morgan fingerprint density at radius 3 is 1.93 bits per heavy atom. The van der Waals surface area contributed by atoms with Crippen LogP contribution < -0.4 is 0 Å². The summed E-state index contributed by atoms with van der Waals surface area (Å²) >= 11 is 0. The molecule has 1 aromatic rings. The van der Waals surface area contributed by atoms with Gasteiger partial charge in [-0.25, -0.2) is 0 Å². The lowest BCUT2D eigenvalue weighted by atomic mass is 9.92. The Bertz CT molecular complexity index is 1700. The summed E-state index contributed by atoms with van der Waals surface area (Å²) in [5.41, 5.74) is 14.0. The third-order valence-corrected chi connectivity index (χ3v) is 10.1. The van der Waals surface area contributed by atoms with E-state index in [1.54, 1.807) is 11.1 Å². The molecule has 1 saturated carbocycles. The fourth-order valence-electron chi connectivity index (χ4n) is 7.49. The molecule has 6 aliphatic carbocycles. The predicted molar refractivity (Wildman–Crippen MR) is 189 cm³/mol. The van der Waals surface area contributed by atoms with Crippen LogP contribution >= 0.6 is 0 Å². The monoisotopic (exact) mass is 572 g/mol. The lowest BCUT2D eigenvalue weighted by Crippen LogP contribution is -1.97. The second kappa shape index (κ2) is 13.6. The first-order chi connectivity index (χ1) is 21.8. The third kappa shape index (κ3) is 6.81. The van der Waals surface area contributed by atoms with Gasteiger partial charge in [0.2, 0.25) is 0 Å². The number of hydrogen-bond donors (Lipinski definition) is 0. The minimum atomic E-state index is 0.770. The van der Waals surface area contributed by atoms with Crippen LogP contribution in [0.1, 0.15) is 73.6 Å². The first-order valence-corrected chi connectivity index (χ1v) is 16.9. The van der Waals surface area contributed by atoms with Crippen molar-refractivity contribution in [2.45, 2.75) is 64.2 Å². The van der Waals surface area contributed by atoms with Crippen LogP contribution in [0, 0.1) is 11.8 Å². The van der Waals surface area contributed by atoms with E-state index in [1.165, 1.54) is 83.1 Å². The summed E-state index contributed by atoms with van der Waals surface area (Å²) in [4.78, 5) is 0. The Hall–Kier alpha value is -4.16. The van der Waals surface area contributed by atoms with E-state index in [0.717, 1.165) is 37.5 Å². The molecule has 0 radical (unpaired) electrons. The average molecular weight is 573 g/mol. The summed E-state index contributed by atoms with van der Waals surface area (Å²) in [6.07, 6.45) is 48.7. The molecule has 7 rings (SSSR count). The summed E-state index contributed by atoms with van der Waals surface area (Å²) in [6.45, 7) is 0. The van der Waals surface area contributed by atoms with Crippen molar-refractivity contribution in [3.8, 4) is 0 Å². The number of allylic oxidation sites excluding steroid dienone is 20. The van der Waals surface area contributed by atoms with E-state index < -0.39 is 0 Å². The van der Waals surface area contributed by atoms with Crippen molar-refractivity contribution in [1.29, 1.82) is 0 Å². The normalized spacial score (nSPS) is 23.8. The topological polar surface area (TPSA) is 0 Å². The lowest BCUT2D eigenvalue weighted by molar-refractivity contribution is 0.592. The fourth-order valence-corrected chi connectivity index (χ4v) is 7.49. The molecule has 0 aliphatic heterocycles. The van der Waals surface area contributed by atoms with Gasteiger partial charge in [-0.15, -0.1) is 0 Å². The Morgan fingerprint density at radius 1 is 0.455 bits per heavy atom. The van der Waals surface area contributed by atoms with Crippen LogP contribution in [-0.4, -0.2) is 0 Å². The van der Waals surface area contributed by atoms with Gasteiger partial charge in [-0.1, -0.05) is 140 Å². The van der Waals surface area contributed by atoms with Gasteiger partial charge in [-0.2, -0.15) is 0 Å². The summed E-state index contributed by atoms with van der Waals surface area (Å²) < 4.78 is 0. The maximum absolute atomic E-state index is 2.45. The number of fused-ring (bicyclic) bond motifs is 5. The van der Waals surface area contributed by atoms with Gasteiger partial charge in [0.15, 0.2) is 0 Å². The van der Waals surface area contributed by atoms with Crippen molar-refractivity contribution >= 4 is 12.2 Å². The molecule has 0 spiro atoms. The molecule has 1 fully saturated rings. The molecule has 0 saturated heterocycles. The molecule has 1 aromatic carbocycles. The first-order valence-electron chi connectivity index (χ1n) is 16.9. The molecule has 2 unspecified atom stereocenters. The van der Waals surface area contributed by atoms with E-state index in [-0.39, 0.29) is 0 Å². The van der Waals surface area contributed by atoms with Gasteiger partial charge >= 0.3 is 0 Å². The molecule has 44 heavy (non-hydrogen) atoms.